The van der Waals surface area contributed by atoms with E-state index in [2.05, 4.69) is 5.32 Å². The van der Waals surface area contributed by atoms with Crippen LogP contribution in [0.5, 0.6) is 0 Å². The Bertz CT molecular complexity index is 1250. The number of halogens is 1. The molecule has 0 spiro atoms. The number of fused-ring (bicyclic) bond motifs is 5. The molecule has 0 aliphatic heterocycles. The summed E-state index contributed by atoms with van der Waals surface area (Å²) in [6.45, 7) is 6.29. The summed E-state index contributed by atoms with van der Waals surface area (Å²) in [6, 6.07) is 8.92. The highest BCUT2D eigenvalue weighted by atomic mass is 19.1. The van der Waals surface area contributed by atoms with E-state index in [1.54, 1.807) is 33.8 Å². The minimum atomic E-state index is -2.07. The van der Waals surface area contributed by atoms with E-state index in [1.807, 2.05) is 30.3 Å². The number of hydrogen-bond acceptors (Lipinski definition) is 6. The van der Waals surface area contributed by atoms with Crippen LogP contribution in [0.15, 0.2) is 54.1 Å². The number of amides is 1. The van der Waals surface area contributed by atoms with Crippen molar-refractivity contribution in [3.8, 4) is 0 Å². The second-order valence-corrected chi connectivity index (χ2v) is 12.4. The fraction of sp³-hybridized carbons (Fsp3) is 0.581. The number of aliphatic hydroxyl groups excluding tert-OH is 2. The Balaban J connectivity index is 1.52. The van der Waals surface area contributed by atoms with E-state index in [-0.39, 0.29) is 12.2 Å². The lowest BCUT2D eigenvalue weighted by Gasteiger charge is -2.62. The topological polar surface area (TPSA) is 113 Å². The monoisotopic (exact) mass is 539 g/mol. The molecule has 0 radical (unpaired) electrons. The van der Waals surface area contributed by atoms with E-state index in [1.165, 1.54) is 12.2 Å². The van der Waals surface area contributed by atoms with Crippen LogP contribution in [-0.4, -0.2) is 51.9 Å². The zero-order valence-corrected chi connectivity index (χ0v) is 22.9. The van der Waals surface area contributed by atoms with E-state index in [0.717, 1.165) is 5.56 Å². The molecule has 8 heteroatoms. The summed E-state index contributed by atoms with van der Waals surface area (Å²) >= 11 is 0. The largest absolute Gasteiger partial charge is 0.434 e. The van der Waals surface area contributed by atoms with Gasteiger partial charge in [-0.1, -0.05) is 55.8 Å². The lowest BCUT2D eigenvalue weighted by Crippen LogP contribution is -2.70. The summed E-state index contributed by atoms with van der Waals surface area (Å²) in [5, 5.41) is 24.5. The molecular formula is C31H38FNO6. The summed E-state index contributed by atoms with van der Waals surface area (Å²) < 4.78 is 23.5. The van der Waals surface area contributed by atoms with Gasteiger partial charge in [0.2, 0.25) is 5.78 Å². The molecular weight excluding hydrogens is 501 g/mol. The van der Waals surface area contributed by atoms with Crippen LogP contribution < -0.4 is 5.32 Å². The van der Waals surface area contributed by atoms with Gasteiger partial charge in [0.15, 0.2) is 17.1 Å². The Morgan fingerprint density at radius 1 is 1.21 bits per heavy atom. The molecule has 3 N–H and O–H groups in total. The van der Waals surface area contributed by atoms with Gasteiger partial charge < -0.3 is 20.3 Å². The van der Waals surface area contributed by atoms with Gasteiger partial charge in [-0.3, -0.25) is 9.59 Å². The van der Waals surface area contributed by atoms with Gasteiger partial charge in [0, 0.05) is 22.7 Å². The van der Waals surface area contributed by atoms with Crippen molar-refractivity contribution < 1.29 is 33.7 Å². The van der Waals surface area contributed by atoms with Crippen LogP contribution in [0, 0.1) is 28.6 Å². The van der Waals surface area contributed by atoms with Gasteiger partial charge in [-0.15, -0.1) is 0 Å². The molecule has 3 fully saturated rings. The van der Waals surface area contributed by atoms with Crippen LogP contribution in [-0.2, 0) is 14.3 Å². The van der Waals surface area contributed by atoms with Crippen LogP contribution in [0.25, 0.3) is 0 Å². The van der Waals surface area contributed by atoms with Gasteiger partial charge in [0.1, 0.15) is 6.61 Å². The second kappa shape index (κ2) is 9.37. The number of carbonyl (C=O) groups excluding carboxylic acids is 3. The number of aliphatic hydroxyl groups is 2. The van der Waals surface area contributed by atoms with E-state index in [9.17, 15) is 24.6 Å². The smallest absolute Gasteiger partial charge is 0.408 e. The molecule has 0 saturated heterocycles. The third-order valence-electron chi connectivity index (χ3n) is 10.6. The predicted molar refractivity (Wildman–Crippen MR) is 142 cm³/mol. The molecule has 7 nitrogen and oxygen atoms in total. The third kappa shape index (κ3) is 3.70. The molecule has 0 bridgehead atoms. The number of alkyl halides is 1. The Kier molecular flexibility index (Phi) is 6.66. The number of allylic oxidation sites excluding steroid dienone is 4. The number of ketones is 2. The first-order chi connectivity index (χ1) is 18.3. The molecule has 1 amide bonds. The van der Waals surface area contributed by atoms with Crippen molar-refractivity contribution in [1.29, 1.82) is 0 Å². The average Bonchev–Trinajstić information content (AvgIpc) is 3.12. The number of carbonyl (C=O) groups is 3. The molecule has 0 aromatic heterocycles. The average molecular weight is 540 g/mol. The minimum absolute atomic E-state index is 0.132. The van der Waals surface area contributed by atoms with Crippen LogP contribution in [0.1, 0.15) is 65.0 Å². The van der Waals surface area contributed by atoms with Gasteiger partial charge in [-0.2, -0.15) is 0 Å². The van der Waals surface area contributed by atoms with Gasteiger partial charge in [0.05, 0.1) is 12.1 Å². The number of ether oxygens (including phenoxy) is 1. The van der Waals surface area contributed by atoms with Crippen molar-refractivity contribution in [2.45, 2.75) is 76.8 Å². The van der Waals surface area contributed by atoms with Gasteiger partial charge >= 0.3 is 6.09 Å². The Hall–Kier alpha value is -2.84. The number of alkyl carbamates (subject to hydrolysis) is 1. The van der Waals surface area contributed by atoms with E-state index in [4.69, 9.17) is 4.74 Å². The van der Waals surface area contributed by atoms with Crippen LogP contribution >= 0.6 is 0 Å². The van der Waals surface area contributed by atoms with Crippen LogP contribution in [0.2, 0.25) is 0 Å². The van der Waals surface area contributed by atoms with Gasteiger partial charge in [0.25, 0.3) is 0 Å². The molecule has 39 heavy (non-hydrogen) atoms. The second-order valence-electron chi connectivity index (χ2n) is 12.4. The van der Waals surface area contributed by atoms with Crippen molar-refractivity contribution >= 4 is 17.7 Å². The first kappa shape index (κ1) is 27.7. The van der Waals surface area contributed by atoms with Crippen molar-refractivity contribution in [3.05, 3.63) is 59.7 Å². The molecule has 1 aromatic carbocycles. The molecule has 5 rings (SSSR count). The molecule has 1 aromatic rings. The predicted octanol–water partition coefficient (Wildman–Crippen LogP) is 4.39. The fourth-order valence-electron chi connectivity index (χ4n) is 8.69. The highest BCUT2D eigenvalue weighted by Crippen LogP contribution is 2.71. The fourth-order valence-corrected chi connectivity index (χ4v) is 8.69. The highest BCUT2D eigenvalue weighted by molar-refractivity contribution is 6.01. The summed E-state index contributed by atoms with van der Waals surface area (Å²) in [7, 11) is 0. The van der Waals surface area contributed by atoms with E-state index < -0.39 is 70.5 Å². The third-order valence-corrected chi connectivity index (χ3v) is 10.6. The Labute approximate surface area is 228 Å². The number of nitrogens with one attached hydrogen (secondary N) is 1. The summed E-state index contributed by atoms with van der Waals surface area (Å²) in [5.74, 6) is -2.40. The van der Waals surface area contributed by atoms with Crippen molar-refractivity contribution in [1.82, 2.24) is 5.32 Å². The number of hydrogen-bond donors (Lipinski definition) is 3. The number of Topliss-reactive ketones (excluding diaryl/α,β-unsaturated/α-hetero) is 1. The van der Waals surface area contributed by atoms with Crippen molar-refractivity contribution in [2.24, 2.45) is 28.6 Å². The maximum absolute atomic E-state index is 17.4. The zero-order valence-electron chi connectivity index (χ0n) is 22.9. The Morgan fingerprint density at radius 2 is 1.90 bits per heavy atom. The summed E-state index contributed by atoms with van der Waals surface area (Å²) in [5.41, 5.74) is -4.57. The number of benzene rings is 1. The van der Waals surface area contributed by atoms with Crippen LogP contribution in [0.3, 0.4) is 0 Å². The highest BCUT2D eigenvalue weighted by Gasteiger charge is 2.77. The number of rotatable bonds is 5. The lowest BCUT2D eigenvalue weighted by molar-refractivity contribution is -0.219. The first-order valence-electron chi connectivity index (χ1n) is 13.8. The molecule has 3 unspecified atom stereocenters. The molecule has 4 aliphatic carbocycles. The summed E-state index contributed by atoms with van der Waals surface area (Å²) in [6.07, 6.45) is 3.29. The first-order valence-corrected chi connectivity index (χ1v) is 13.8. The summed E-state index contributed by atoms with van der Waals surface area (Å²) in [4.78, 5) is 39.0. The van der Waals surface area contributed by atoms with Crippen LogP contribution in [0.4, 0.5) is 9.18 Å². The Morgan fingerprint density at radius 3 is 2.56 bits per heavy atom. The standard InChI is InChI=1S/C31H38FNO6/c1-18-14-24-23-11-10-21-15-22(35)12-13-28(21,3)30(23,32)25(36)16-29(24,4)31(18,26(37)17-34)39-27(38)33-19(2)20-8-6-5-7-9-20/h5-9,12-13,15,18-19,23-25,34,36H,10-11,14,16-17H2,1-4H3,(H,33,38)/t18-,19-,23?,24?,25-,28-,29-,30?,31+/m0/s1. The normalized spacial score (nSPS) is 41.5. The maximum Gasteiger partial charge on any atom is 0.408 e. The van der Waals surface area contributed by atoms with E-state index in [0.29, 0.717) is 24.8 Å². The quantitative estimate of drug-likeness (QED) is 0.512. The zero-order chi connectivity index (χ0) is 28.4. The van der Waals surface area contributed by atoms with E-state index >= 15 is 4.39 Å². The van der Waals surface area contributed by atoms with Gasteiger partial charge in [-0.05, 0) is 63.2 Å². The molecule has 9 atom stereocenters. The molecule has 4 aliphatic rings. The SMILES string of the molecule is C[C@H](NC(=O)O[C@@]1(C(=O)CO)[C@@H](C)CC2C3CCC4=CC(=O)C=C[C@]4(C)C3(F)[C@@H](O)C[C@@]21C)c1ccccc1. The van der Waals surface area contributed by atoms with Crippen molar-refractivity contribution in [3.63, 3.8) is 0 Å². The maximum atomic E-state index is 17.4. The minimum Gasteiger partial charge on any atom is -0.434 e. The van der Waals surface area contributed by atoms with Crippen molar-refractivity contribution in [2.75, 3.05) is 6.61 Å². The molecule has 0 heterocycles. The molecule has 3 saturated carbocycles. The molecule has 210 valence electrons. The van der Waals surface area contributed by atoms with Gasteiger partial charge in [-0.25, -0.2) is 9.18 Å². The lowest BCUT2D eigenvalue weighted by atomic mass is 9.44.